The summed E-state index contributed by atoms with van der Waals surface area (Å²) in [5, 5.41) is 13.0. The first-order valence-electron chi connectivity index (χ1n) is 10.1. The Morgan fingerprint density at radius 1 is 0.657 bits per heavy atom. The van der Waals surface area contributed by atoms with Crippen molar-refractivity contribution in [3.8, 4) is 0 Å². The second kappa shape index (κ2) is 13.5. The summed E-state index contributed by atoms with van der Waals surface area (Å²) in [5.74, 6) is -4.94. The smallest absolute Gasteiger partial charge is 0.288 e. The molecule has 12 heteroatoms. The maximum Gasteiger partial charge on any atom is 0.288 e. The van der Waals surface area contributed by atoms with Crippen LogP contribution in [0, 0.1) is 0 Å². The highest BCUT2D eigenvalue weighted by Gasteiger charge is 2.08. The number of nitrogens with one attached hydrogen (secondary N) is 4. The first-order chi connectivity index (χ1) is 16.8. The van der Waals surface area contributed by atoms with Gasteiger partial charge >= 0.3 is 0 Å². The Morgan fingerprint density at radius 2 is 1.14 bits per heavy atom. The van der Waals surface area contributed by atoms with Gasteiger partial charge in [-0.2, -0.15) is 17.6 Å². The molecule has 0 heterocycles. The van der Waals surface area contributed by atoms with Crippen molar-refractivity contribution in [2.24, 2.45) is 0 Å². The maximum absolute atomic E-state index is 12.5. The minimum Gasteiger partial charge on any atom is -0.358 e. The van der Waals surface area contributed by atoms with Gasteiger partial charge in [-0.15, -0.1) is 0 Å². The van der Waals surface area contributed by atoms with Crippen LogP contribution in [0.1, 0.15) is 5.56 Å². The summed E-state index contributed by atoms with van der Waals surface area (Å²) in [6, 6.07) is 20.6. The van der Waals surface area contributed by atoms with Gasteiger partial charge in [-0.3, -0.25) is 0 Å². The van der Waals surface area contributed by atoms with Gasteiger partial charge < -0.3 is 21.3 Å². The zero-order valence-corrected chi connectivity index (χ0v) is 21.2. The Bertz CT molecular complexity index is 1130. The third-order valence-electron chi connectivity index (χ3n) is 4.38. The molecule has 0 aliphatic rings. The van der Waals surface area contributed by atoms with Crippen molar-refractivity contribution in [1.82, 2.24) is 5.32 Å². The fraction of sp³-hybridized carbons (Fsp3) is 0.130. The molecular formula is C23H20F4N4S4. The maximum atomic E-state index is 12.5. The Balaban J connectivity index is 1.52. The minimum absolute atomic E-state index is 0.342. The number of anilines is 3. The van der Waals surface area contributed by atoms with Crippen LogP contribution in [0.5, 0.6) is 0 Å². The number of rotatable bonds is 9. The monoisotopic (exact) mass is 556 g/mol. The largest absolute Gasteiger partial charge is 0.358 e. The molecule has 0 aliphatic heterocycles. The normalized spacial score (nSPS) is 10.8. The van der Waals surface area contributed by atoms with Crippen LogP contribution in [0.25, 0.3) is 0 Å². The van der Waals surface area contributed by atoms with Crippen molar-refractivity contribution in [3.05, 3.63) is 78.4 Å². The molecule has 0 amide bonds. The highest BCUT2D eigenvalue weighted by atomic mass is 32.2. The molecule has 0 radical (unpaired) electrons. The third-order valence-corrected chi connectivity index (χ3v) is 6.28. The van der Waals surface area contributed by atoms with Gasteiger partial charge in [-0.1, -0.05) is 41.7 Å². The van der Waals surface area contributed by atoms with Crippen LogP contribution in [-0.2, 0) is 6.54 Å². The van der Waals surface area contributed by atoms with E-state index in [1.165, 1.54) is 0 Å². The van der Waals surface area contributed by atoms with E-state index in [4.69, 9.17) is 24.4 Å². The van der Waals surface area contributed by atoms with Crippen LogP contribution in [0.15, 0.2) is 82.6 Å². The molecular weight excluding hydrogens is 537 g/mol. The predicted octanol–water partition coefficient (Wildman–Crippen LogP) is 7.61. The fourth-order valence-electron chi connectivity index (χ4n) is 2.87. The molecule has 3 rings (SSSR count). The minimum atomic E-state index is -2.47. The van der Waals surface area contributed by atoms with E-state index < -0.39 is 11.5 Å². The standard InChI is InChI=1S/C23H20F4N4S4/c24-20(25)34-17-9-5-15(6-10-17)29-22(32)28-13-14-3-1-2-4-19(14)31-23(33)30-16-7-11-18(12-8-16)35-21(26)27/h1-12,20-21H,13H2,(H2,28,29,32)(H2,30,31,33). The lowest BCUT2D eigenvalue weighted by Crippen LogP contribution is -2.28. The lowest BCUT2D eigenvalue weighted by molar-refractivity contribution is 0.251. The van der Waals surface area contributed by atoms with E-state index >= 15 is 0 Å². The zero-order valence-electron chi connectivity index (χ0n) is 17.9. The molecule has 0 fully saturated rings. The SMILES string of the molecule is FC(F)Sc1ccc(NC(=S)NCc2ccccc2NC(=S)Nc2ccc(SC(F)F)cc2)cc1. The van der Waals surface area contributed by atoms with Crippen molar-refractivity contribution in [2.75, 3.05) is 16.0 Å². The van der Waals surface area contributed by atoms with Crippen molar-refractivity contribution in [1.29, 1.82) is 0 Å². The van der Waals surface area contributed by atoms with Crippen molar-refractivity contribution >= 4 is 75.2 Å². The summed E-state index contributed by atoms with van der Waals surface area (Å²) in [6.07, 6.45) is 0. The molecule has 35 heavy (non-hydrogen) atoms. The Labute approximate surface area is 219 Å². The molecule has 0 saturated carbocycles. The second-order valence-corrected chi connectivity index (χ2v) is 9.79. The number of thioether (sulfide) groups is 2. The van der Waals surface area contributed by atoms with E-state index in [9.17, 15) is 17.6 Å². The molecule has 3 aromatic rings. The summed E-state index contributed by atoms with van der Waals surface area (Å²) >= 11 is 11.7. The summed E-state index contributed by atoms with van der Waals surface area (Å²) in [7, 11) is 0. The Kier molecular flexibility index (Phi) is 10.5. The topological polar surface area (TPSA) is 48.1 Å². The summed E-state index contributed by atoms with van der Waals surface area (Å²) < 4.78 is 49.8. The first-order valence-corrected chi connectivity index (χ1v) is 12.7. The van der Waals surface area contributed by atoms with Gasteiger partial charge in [0, 0.05) is 33.4 Å². The fourth-order valence-corrected chi connectivity index (χ4v) is 4.29. The molecule has 0 unspecified atom stereocenters. The molecule has 0 saturated heterocycles. The number of thiocarbonyl (C=S) groups is 2. The average molecular weight is 557 g/mol. The van der Waals surface area contributed by atoms with Crippen molar-refractivity contribution < 1.29 is 17.6 Å². The van der Waals surface area contributed by atoms with E-state index in [1.54, 1.807) is 48.5 Å². The van der Waals surface area contributed by atoms with Crippen LogP contribution < -0.4 is 21.3 Å². The summed E-state index contributed by atoms with van der Waals surface area (Å²) in [5.41, 5.74) is 3.00. The molecule has 184 valence electrons. The highest BCUT2D eigenvalue weighted by molar-refractivity contribution is 7.99. The average Bonchev–Trinajstić information content (AvgIpc) is 2.80. The number of hydrogen-bond acceptors (Lipinski definition) is 4. The lowest BCUT2D eigenvalue weighted by atomic mass is 10.2. The molecule has 4 nitrogen and oxygen atoms in total. The van der Waals surface area contributed by atoms with Crippen molar-refractivity contribution in [2.45, 2.75) is 27.9 Å². The molecule has 0 atom stereocenters. The quantitative estimate of drug-likeness (QED) is 0.122. The molecule has 4 N–H and O–H groups in total. The Hall–Kier alpha value is -2.54. The van der Waals surface area contributed by atoms with Crippen LogP contribution >= 0.6 is 48.0 Å². The molecule has 0 aliphatic carbocycles. The molecule has 0 spiro atoms. The molecule has 0 aromatic heterocycles. The molecule has 3 aromatic carbocycles. The van der Waals surface area contributed by atoms with Crippen LogP contribution in [0.4, 0.5) is 34.6 Å². The predicted molar refractivity (Wildman–Crippen MR) is 146 cm³/mol. The van der Waals surface area contributed by atoms with Gasteiger partial charge in [-0.25, -0.2) is 0 Å². The van der Waals surface area contributed by atoms with Crippen LogP contribution in [0.3, 0.4) is 0 Å². The van der Waals surface area contributed by atoms with Gasteiger partial charge in [0.25, 0.3) is 11.5 Å². The van der Waals surface area contributed by atoms with E-state index in [1.807, 2.05) is 24.3 Å². The van der Waals surface area contributed by atoms with E-state index in [0.717, 1.165) is 11.3 Å². The van der Waals surface area contributed by atoms with Gasteiger partial charge in [0.2, 0.25) is 0 Å². The Morgan fingerprint density at radius 3 is 1.66 bits per heavy atom. The zero-order chi connectivity index (χ0) is 25.2. The van der Waals surface area contributed by atoms with Crippen molar-refractivity contribution in [3.63, 3.8) is 0 Å². The van der Waals surface area contributed by atoms with E-state index in [0.29, 0.717) is 61.5 Å². The van der Waals surface area contributed by atoms with Crippen LogP contribution in [0.2, 0.25) is 0 Å². The van der Waals surface area contributed by atoms with E-state index in [2.05, 4.69) is 21.3 Å². The van der Waals surface area contributed by atoms with Gasteiger partial charge in [0.05, 0.1) is 0 Å². The third kappa shape index (κ3) is 9.55. The van der Waals surface area contributed by atoms with Gasteiger partial charge in [0.1, 0.15) is 0 Å². The number of halogens is 4. The number of alkyl halides is 4. The molecule has 0 bridgehead atoms. The number of para-hydroxylation sites is 1. The lowest BCUT2D eigenvalue weighted by Gasteiger charge is -2.16. The number of benzene rings is 3. The van der Waals surface area contributed by atoms with E-state index in [-0.39, 0.29) is 0 Å². The summed E-state index contributed by atoms with van der Waals surface area (Å²) in [4.78, 5) is 0.936. The van der Waals surface area contributed by atoms with Gasteiger partial charge in [-0.05, 0) is 84.6 Å². The highest BCUT2D eigenvalue weighted by Crippen LogP contribution is 2.27. The van der Waals surface area contributed by atoms with Gasteiger partial charge in [0.15, 0.2) is 10.2 Å². The summed E-state index contributed by atoms with van der Waals surface area (Å²) in [6.45, 7) is 0.399. The first kappa shape index (κ1) is 27.1. The second-order valence-electron chi connectivity index (χ2n) is 6.85. The van der Waals surface area contributed by atoms with Crippen LogP contribution in [-0.4, -0.2) is 21.7 Å². The number of hydrogen-bond donors (Lipinski definition) is 4.